The molecule has 3 unspecified atom stereocenters. The Bertz CT molecular complexity index is 397. The van der Waals surface area contributed by atoms with Crippen LogP contribution in [0, 0.1) is 11.3 Å². The predicted octanol–water partition coefficient (Wildman–Crippen LogP) is 2.62. The van der Waals surface area contributed by atoms with E-state index in [1.807, 2.05) is 26.8 Å². The molecule has 19 heavy (non-hydrogen) atoms. The van der Waals surface area contributed by atoms with Gasteiger partial charge in [-0.2, -0.15) is 0 Å². The summed E-state index contributed by atoms with van der Waals surface area (Å²) >= 11 is 0. The van der Waals surface area contributed by atoms with Gasteiger partial charge in [-0.25, -0.2) is 4.79 Å². The molecule has 0 N–H and O–H groups in total. The monoisotopic (exact) mass is 266 g/mol. The fourth-order valence-corrected chi connectivity index (χ4v) is 2.36. The molecule has 0 radical (unpaired) electrons. The minimum Gasteiger partial charge on any atom is -0.459 e. The number of fused-ring (bicyclic) bond motifs is 1. The van der Waals surface area contributed by atoms with Gasteiger partial charge in [0.05, 0.1) is 5.41 Å². The van der Waals surface area contributed by atoms with E-state index in [-0.39, 0.29) is 18.0 Å². The molecule has 0 amide bonds. The fourth-order valence-electron chi connectivity index (χ4n) is 2.36. The molecule has 0 aromatic carbocycles. The number of carbonyl (C=O) groups excluding carboxylic acids is 2. The van der Waals surface area contributed by atoms with Crippen molar-refractivity contribution in [1.29, 1.82) is 0 Å². The van der Waals surface area contributed by atoms with E-state index in [0.29, 0.717) is 12.8 Å². The summed E-state index contributed by atoms with van der Waals surface area (Å²) in [6.07, 6.45) is 6.32. The van der Waals surface area contributed by atoms with Crippen LogP contribution in [0.2, 0.25) is 0 Å². The second-order valence-corrected chi connectivity index (χ2v) is 6.05. The van der Waals surface area contributed by atoms with E-state index >= 15 is 0 Å². The first-order valence-electron chi connectivity index (χ1n) is 7.00. The molecule has 1 saturated heterocycles. The lowest BCUT2D eigenvalue weighted by Gasteiger charge is -2.36. The van der Waals surface area contributed by atoms with E-state index in [4.69, 9.17) is 9.47 Å². The molecule has 106 valence electrons. The summed E-state index contributed by atoms with van der Waals surface area (Å²) in [5, 5.41) is 0. The largest absolute Gasteiger partial charge is 0.459 e. The second kappa shape index (κ2) is 5.35. The zero-order valence-electron chi connectivity index (χ0n) is 11.8. The van der Waals surface area contributed by atoms with Crippen LogP contribution in [0.25, 0.3) is 0 Å². The van der Waals surface area contributed by atoms with Crippen LogP contribution in [0.4, 0.5) is 0 Å². The molecule has 0 saturated carbocycles. The summed E-state index contributed by atoms with van der Waals surface area (Å²) in [6.45, 7) is 5.59. The van der Waals surface area contributed by atoms with Crippen molar-refractivity contribution in [2.24, 2.45) is 11.3 Å². The summed E-state index contributed by atoms with van der Waals surface area (Å²) < 4.78 is 10.8. The minimum atomic E-state index is -0.730. The van der Waals surface area contributed by atoms with E-state index in [9.17, 15) is 9.59 Å². The molecular formula is C15H22O4. The molecule has 1 aliphatic carbocycles. The average molecular weight is 266 g/mol. The predicted molar refractivity (Wildman–Crippen MR) is 70.3 cm³/mol. The number of carbonyl (C=O) groups is 2. The molecule has 0 spiro atoms. The highest BCUT2D eigenvalue weighted by Crippen LogP contribution is 2.33. The molecule has 1 aliphatic heterocycles. The van der Waals surface area contributed by atoms with Crippen molar-refractivity contribution >= 4 is 11.9 Å². The maximum atomic E-state index is 12.0. The quantitative estimate of drug-likeness (QED) is 0.582. The van der Waals surface area contributed by atoms with Gasteiger partial charge in [-0.3, -0.25) is 4.79 Å². The normalized spacial score (nSPS) is 30.5. The Kier molecular flexibility index (Phi) is 3.97. The molecule has 0 aromatic rings. The van der Waals surface area contributed by atoms with E-state index in [2.05, 4.69) is 6.08 Å². The Hall–Kier alpha value is -1.32. The minimum absolute atomic E-state index is 0.0355. The van der Waals surface area contributed by atoms with Gasteiger partial charge in [0, 0.05) is 18.8 Å². The Morgan fingerprint density at radius 2 is 2.11 bits per heavy atom. The van der Waals surface area contributed by atoms with Crippen molar-refractivity contribution in [2.45, 2.75) is 58.7 Å². The highest BCUT2D eigenvalue weighted by atomic mass is 16.6. The average Bonchev–Trinajstić information content (AvgIpc) is 2.39. The SMILES string of the molecule is CCC(C)(C)C(=O)OC1CC2CC=CCC2OC1=O. The Morgan fingerprint density at radius 3 is 2.79 bits per heavy atom. The Labute approximate surface area is 114 Å². The first kappa shape index (κ1) is 14.1. The van der Waals surface area contributed by atoms with Crippen molar-refractivity contribution < 1.29 is 19.1 Å². The standard InChI is InChI=1S/C15H22O4/c1-4-15(2,3)14(17)19-12-9-10-7-5-6-8-11(10)18-13(12)16/h5-6,10-12H,4,7-9H2,1-3H3. The van der Waals surface area contributed by atoms with Gasteiger partial charge in [0.25, 0.3) is 0 Å². The molecule has 2 aliphatic rings. The van der Waals surface area contributed by atoms with Gasteiger partial charge in [0.1, 0.15) is 6.10 Å². The lowest BCUT2D eigenvalue weighted by atomic mass is 9.84. The van der Waals surface area contributed by atoms with Crippen molar-refractivity contribution in [3.63, 3.8) is 0 Å². The molecule has 4 heteroatoms. The number of allylic oxidation sites excluding steroid dienone is 1. The van der Waals surface area contributed by atoms with Crippen LogP contribution in [0.5, 0.6) is 0 Å². The van der Waals surface area contributed by atoms with E-state index < -0.39 is 17.5 Å². The summed E-state index contributed by atoms with van der Waals surface area (Å²) in [7, 11) is 0. The van der Waals surface area contributed by atoms with Gasteiger partial charge in [-0.15, -0.1) is 0 Å². The highest BCUT2D eigenvalue weighted by molar-refractivity contribution is 5.82. The highest BCUT2D eigenvalue weighted by Gasteiger charge is 2.41. The zero-order chi connectivity index (χ0) is 14.0. The van der Waals surface area contributed by atoms with Crippen LogP contribution >= 0.6 is 0 Å². The lowest BCUT2D eigenvalue weighted by Crippen LogP contribution is -2.45. The van der Waals surface area contributed by atoms with Gasteiger partial charge >= 0.3 is 11.9 Å². The third-order valence-electron chi connectivity index (χ3n) is 4.23. The van der Waals surface area contributed by atoms with Crippen molar-refractivity contribution in [1.82, 2.24) is 0 Å². The topological polar surface area (TPSA) is 52.6 Å². The first-order chi connectivity index (χ1) is 8.94. The molecular weight excluding hydrogens is 244 g/mol. The fraction of sp³-hybridized carbons (Fsp3) is 0.733. The van der Waals surface area contributed by atoms with Gasteiger partial charge < -0.3 is 9.47 Å². The first-order valence-corrected chi connectivity index (χ1v) is 7.00. The smallest absolute Gasteiger partial charge is 0.347 e. The number of esters is 2. The van der Waals surface area contributed by atoms with Crippen LogP contribution in [0.1, 0.15) is 46.5 Å². The summed E-state index contributed by atoms with van der Waals surface area (Å²) in [5.74, 6) is -0.427. The third kappa shape index (κ3) is 2.99. The van der Waals surface area contributed by atoms with Gasteiger partial charge in [0.2, 0.25) is 0 Å². The maximum absolute atomic E-state index is 12.0. The van der Waals surface area contributed by atoms with Crippen LogP contribution in [0.15, 0.2) is 12.2 Å². The molecule has 3 atom stereocenters. The van der Waals surface area contributed by atoms with Crippen LogP contribution in [-0.2, 0) is 19.1 Å². The van der Waals surface area contributed by atoms with E-state index in [1.165, 1.54) is 0 Å². The van der Waals surface area contributed by atoms with Crippen molar-refractivity contribution in [3.05, 3.63) is 12.2 Å². The molecule has 4 nitrogen and oxygen atoms in total. The Morgan fingerprint density at radius 1 is 1.42 bits per heavy atom. The Balaban J connectivity index is 1.99. The molecule has 0 bridgehead atoms. The number of rotatable bonds is 3. The summed E-state index contributed by atoms with van der Waals surface area (Å²) in [6, 6.07) is 0. The lowest BCUT2D eigenvalue weighted by molar-refractivity contribution is -0.188. The van der Waals surface area contributed by atoms with E-state index in [1.54, 1.807) is 0 Å². The summed E-state index contributed by atoms with van der Waals surface area (Å²) in [5.41, 5.74) is -0.552. The summed E-state index contributed by atoms with van der Waals surface area (Å²) in [4.78, 5) is 23.9. The van der Waals surface area contributed by atoms with Gasteiger partial charge in [0.15, 0.2) is 6.10 Å². The number of hydrogen-bond acceptors (Lipinski definition) is 4. The van der Waals surface area contributed by atoms with Crippen LogP contribution < -0.4 is 0 Å². The van der Waals surface area contributed by atoms with E-state index in [0.717, 1.165) is 12.8 Å². The van der Waals surface area contributed by atoms with Gasteiger partial charge in [-0.05, 0) is 26.7 Å². The van der Waals surface area contributed by atoms with Gasteiger partial charge in [-0.1, -0.05) is 19.1 Å². The van der Waals surface area contributed by atoms with Crippen LogP contribution in [-0.4, -0.2) is 24.1 Å². The third-order valence-corrected chi connectivity index (χ3v) is 4.23. The molecule has 1 fully saturated rings. The number of hydrogen-bond donors (Lipinski definition) is 0. The van der Waals surface area contributed by atoms with Crippen molar-refractivity contribution in [3.8, 4) is 0 Å². The van der Waals surface area contributed by atoms with Crippen molar-refractivity contribution in [2.75, 3.05) is 0 Å². The molecule has 2 rings (SSSR count). The second-order valence-electron chi connectivity index (χ2n) is 6.05. The molecule has 0 aromatic heterocycles. The molecule has 1 heterocycles. The van der Waals surface area contributed by atoms with Crippen LogP contribution in [0.3, 0.4) is 0 Å². The maximum Gasteiger partial charge on any atom is 0.347 e. The number of ether oxygens (including phenoxy) is 2. The zero-order valence-corrected chi connectivity index (χ0v) is 11.8.